The fourth-order valence-electron chi connectivity index (χ4n) is 5.31. The molecule has 2 aromatic rings. The summed E-state index contributed by atoms with van der Waals surface area (Å²) >= 11 is 0. The Morgan fingerprint density at radius 2 is 2.00 bits per heavy atom. The highest BCUT2D eigenvalue weighted by atomic mass is 19.1. The number of halogens is 2. The Hall–Kier alpha value is -3.05. The molecule has 0 unspecified atom stereocenters. The first-order valence-electron chi connectivity index (χ1n) is 11.6. The van der Waals surface area contributed by atoms with E-state index in [9.17, 15) is 23.5 Å². The first-order valence-corrected chi connectivity index (χ1v) is 11.6. The number of hydrogen-bond acceptors (Lipinski definition) is 5. The summed E-state index contributed by atoms with van der Waals surface area (Å²) in [5.74, 6) is -1.63. The summed E-state index contributed by atoms with van der Waals surface area (Å²) in [6.07, 6.45) is -1.78. The summed E-state index contributed by atoms with van der Waals surface area (Å²) < 4.78 is 36.7. The molecule has 1 fully saturated rings. The zero-order valence-corrected chi connectivity index (χ0v) is 20.3. The number of nitrogens with zero attached hydrogens (tertiary/aromatic N) is 4. The van der Waals surface area contributed by atoms with E-state index in [1.807, 2.05) is 6.92 Å². The summed E-state index contributed by atoms with van der Waals surface area (Å²) in [6, 6.07) is 2.16. The maximum Gasteiger partial charge on any atom is 0.408 e. The van der Waals surface area contributed by atoms with Gasteiger partial charge in [-0.2, -0.15) is 0 Å². The fourth-order valence-corrected chi connectivity index (χ4v) is 5.31. The molecule has 3 atom stereocenters. The topological polar surface area (TPSA) is 114 Å². The minimum atomic E-state index is -1.16. The largest absolute Gasteiger partial charge is 0.465 e. The Morgan fingerprint density at radius 3 is 2.60 bits per heavy atom. The van der Waals surface area contributed by atoms with Crippen molar-refractivity contribution in [3.63, 3.8) is 0 Å². The van der Waals surface area contributed by atoms with Crippen molar-refractivity contribution in [2.45, 2.75) is 77.5 Å². The zero-order valence-electron chi connectivity index (χ0n) is 20.3. The molecule has 11 heteroatoms. The van der Waals surface area contributed by atoms with Crippen LogP contribution in [0.15, 0.2) is 18.2 Å². The van der Waals surface area contributed by atoms with Crippen LogP contribution in [-0.2, 0) is 24.4 Å². The number of carbonyl (C=O) groups is 2. The number of benzene rings is 1. The Bertz CT molecular complexity index is 1150. The molecule has 2 amide bonds. The van der Waals surface area contributed by atoms with Crippen molar-refractivity contribution in [3.05, 3.63) is 52.6 Å². The SMILES string of the molecule is CCn1c(C(N)=O)nc2c1CN([C@H]1CO[C@H](c3cc(F)ccc3F)[C@@H](N(C(=O)O)C(C)(C)C)C1)C2. The molecule has 3 heterocycles. The number of fused-ring (bicyclic) bond motifs is 1. The molecule has 0 spiro atoms. The quantitative estimate of drug-likeness (QED) is 0.664. The minimum Gasteiger partial charge on any atom is -0.465 e. The summed E-state index contributed by atoms with van der Waals surface area (Å²) in [5, 5.41) is 10.1. The van der Waals surface area contributed by atoms with E-state index in [2.05, 4.69) is 9.88 Å². The third-order valence-electron chi connectivity index (χ3n) is 6.77. The van der Waals surface area contributed by atoms with Crippen LogP contribution in [0.5, 0.6) is 0 Å². The average Bonchev–Trinajstić information content (AvgIpc) is 3.32. The van der Waals surface area contributed by atoms with Crippen LogP contribution in [0.3, 0.4) is 0 Å². The number of nitrogens with two attached hydrogens (primary N) is 1. The van der Waals surface area contributed by atoms with Crippen LogP contribution < -0.4 is 5.73 Å². The highest BCUT2D eigenvalue weighted by Gasteiger charge is 2.46. The number of primary amides is 1. The van der Waals surface area contributed by atoms with Gasteiger partial charge in [-0.15, -0.1) is 0 Å². The summed E-state index contributed by atoms with van der Waals surface area (Å²) in [4.78, 5) is 31.9. The number of hydrogen-bond donors (Lipinski definition) is 2. The molecular formula is C24H31F2N5O4. The van der Waals surface area contributed by atoms with Crippen molar-refractivity contribution >= 4 is 12.0 Å². The maximum absolute atomic E-state index is 14.7. The molecule has 190 valence electrons. The van der Waals surface area contributed by atoms with E-state index < -0.39 is 41.3 Å². The van der Waals surface area contributed by atoms with Crippen LogP contribution in [0.4, 0.5) is 13.6 Å². The van der Waals surface area contributed by atoms with Gasteiger partial charge in [-0.05, 0) is 52.3 Å². The molecule has 0 radical (unpaired) electrons. The van der Waals surface area contributed by atoms with Crippen LogP contribution in [0, 0.1) is 11.6 Å². The molecule has 4 rings (SSSR count). The lowest BCUT2D eigenvalue weighted by Gasteiger charge is -2.48. The minimum absolute atomic E-state index is 0.00107. The molecule has 0 aliphatic carbocycles. The number of carboxylic acid groups (broad SMARTS) is 1. The zero-order chi connectivity index (χ0) is 25.7. The van der Waals surface area contributed by atoms with E-state index >= 15 is 0 Å². The number of aromatic nitrogens is 2. The van der Waals surface area contributed by atoms with E-state index in [0.717, 1.165) is 29.6 Å². The van der Waals surface area contributed by atoms with Gasteiger partial charge in [-0.1, -0.05) is 0 Å². The number of ether oxygens (including phenoxy) is 1. The molecule has 3 N–H and O–H groups in total. The van der Waals surface area contributed by atoms with Crippen molar-refractivity contribution in [2.75, 3.05) is 6.61 Å². The highest BCUT2D eigenvalue weighted by molar-refractivity contribution is 5.89. The smallest absolute Gasteiger partial charge is 0.408 e. The van der Waals surface area contributed by atoms with Gasteiger partial charge in [0, 0.05) is 36.8 Å². The molecule has 0 bridgehead atoms. The van der Waals surface area contributed by atoms with Crippen molar-refractivity contribution in [3.8, 4) is 0 Å². The Kier molecular flexibility index (Phi) is 6.58. The van der Waals surface area contributed by atoms with Crippen LogP contribution in [0.2, 0.25) is 0 Å². The lowest BCUT2D eigenvalue weighted by Crippen LogP contribution is -2.58. The van der Waals surface area contributed by atoms with Crippen LogP contribution in [0.25, 0.3) is 0 Å². The molecular weight excluding hydrogens is 460 g/mol. The molecule has 2 aliphatic heterocycles. The molecule has 1 aromatic carbocycles. The van der Waals surface area contributed by atoms with Gasteiger partial charge in [0.15, 0.2) is 5.82 Å². The molecule has 2 aliphatic rings. The van der Waals surface area contributed by atoms with Crippen molar-refractivity contribution < 1.29 is 28.2 Å². The van der Waals surface area contributed by atoms with E-state index in [4.69, 9.17) is 10.5 Å². The van der Waals surface area contributed by atoms with Gasteiger partial charge in [-0.3, -0.25) is 14.6 Å². The van der Waals surface area contributed by atoms with Crippen molar-refractivity contribution in [1.82, 2.24) is 19.4 Å². The van der Waals surface area contributed by atoms with Gasteiger partial charge in [0.25, 0.3) is 5.91 Å². The number of rotatable bonds is 5. The highest BCUT2D eigenvalue weighted by Crippen LogP contribution is 2.39. The molecule has 0 saturated carbocycles. The van der Waals surface area contributed by atoms with E-state index in [-0.39, 0.29) is 24.0 Å². The number of carbonyl (C=O) groups excluding carboxylic acids is 1. The van der Waals surface area contributed by atoms with Gasteiger partial charge >= 0.3 is 6.09 Å². The van der Waals surface area contributed by atoms with E-state index in [1.165, 1.54) is 4.90 Å². The van der Waals surface area contributed by atoms with Crippen LogP contribution in [-0.4, -0.2) is 60.7 Å². The second-order valence-electron chi connectivity index (χ2n) is 10.0. The standard InChI is InChI=1S/C24H31F2N5O4/c1-5-30-19-11-29(10-17(19)28-22(30)21(27)32)14-9-18(31(23(33)34)24(2,3)4)20(35-12-14)15-8-13(25)6-7-16(15)26/h6-8,14,18,20H,5,9-12H2,1-4H3,(H2,27,32)(H,33,34)/t14-,18+,20-/m1/s1. The second-order valence-corrected chi connectivity index (χ2v) is 10.0. The Labute approximate surface area is 202 Å². The van der Waals surface area contributed by atoms with Gasteiger partial charge < -0.3 is 20.1 Å². The van der Waals surface area contributed by atoms with Gasteiger partial charge in [0.2, 0.25) is 0 Å². The van der Waals surface area contributed by atoms with Crippen molar-refractivity contribution in [2.24, 2.45) is 5.73 Å². The Balaban J connectivity index is 1.65. The lowest BCUT2D eigenvalue weighted by molar-refractivity contribution is -0.103. The van der Waals surface area contributed by atoms with E-state index in [1.54, 1.807) is 25.3 Å². The number of amides is 2. The summed E-state index contributed by atoms with van der Waals surface area (Å²) in [7, 11) is 0. The average molecular weight is 492 g/mol. The normalized spacial score (nSPS) is 22.7. The maximum atomic E-state index is 14.7. The predicted octanol–water partition coefficient (Wildman–Crippen LogP) is 3.27. The first-order chi connectivity index (χ1) is 16.4. The van der Waals surface area contributed by atoms with Crippen LogP contribution in [0.1, 0.15) is 67.8 Å². The van der Waals surface area contributed by atoms with Crippen molar-refractivity contribution in [1.29, 1.82) is 0 Å². The third-order valence-corrected chi connectivity index (χ3v) is 6.77. The predicted molar refractivity (Wildman–Crippen MR) is 123 cm³/mol. The molecule has 1 saturated heterocycles. The third kappa shape index (κ3) is 4.62. The van der Waals surface area contributed by atoms with Gasteiger partial charge in [0.1, 0.15) is 17.7 Å². The van der Waals surface area contributed by atoms with E-state index in [0.29, 0.717) is 26.1 Å². The lowest BCUT2D eigenvalue weighted by atomic mass is 9.88. The fraction of sp³-hybridized carbons (Fsp3) is 0.542. The molecule has 35 heavy (non-hydrogen) atoms. The molecule has 1 aromatic heterocycles. The van der Waals surface area contributed by atoms with Gasteiger partial charge in [-0.25, -0.2) is 18.6 Å². The summed E-state index contributed by atoms with van der Waals surface area (Å²) in [6.45, 7) is 8.86. The summed E-state index contributed by atoms with van der Waals surface area (Å²) in [5.41, 5.74) is 6.30. The van der Waals surface area contributed by atoms with Gasteiger partial charge in [0.05, 0.1) is 24.0 Å². The van der Waals surface area contributed by atoms with Crippen LogP contribution >= 0.6 is 0 Å². The monoisotopic (exact) mass is 491 g/mol. The number of imidazole rings is 1. The Morgan fingerprint density at radius 1 is 1.29 bits per heavy atom. The second kappa shape index (κ2) is 9.19. The molecule has 9 nitrogen and oxygen atoms in total. The first kappa shape index (κ1) is 25.1.